The molecule has 0 heterocycles. The molecule has 0 aromatic heterocycles. The number of rotatable bonds is 17. The molecule has 6 aromatic rings. The summed E-state index contributed by atoms with van der Waals surface area (Å²) in [5, 5.41) is 2.82. The third-order valence-corrected chi connectivity index (χ3v) is 12.9. The highest BCUT2D eigenvalue weighted by Gasteiger charge is 2.42. The van der Waals surface area contributed by atoms with Crippen molar-refractivity contribution < 1.29 is 37.7 Å². The quantitative estimate of drug-likeness (QED) is 0.0550. The molecule has 3 unspecified atom stereocenters. The highest BCUT2D eigenvalue weighted by Crippen LogP contribution is 2.60. The Hall–Kier alpha value is -6.41. The van der Waals surface area contributed by atoms with Gasteiger partial charge >= 0.3 is 12.1 Å². The summed E-state index contributed by atoms with van der Waals surface area (Å²) in [4.78, 5) is 54.4. The minimum absolute atomic E-state index is 0.00256. The molecular weight excluding hydrogens is 750 g/mol. The zero-order valence-electron chi connectivity index (χ0n) is 31.6. The SMILES string of the molecule is O=C(NC(c1ccccc1)P(=O)(CC(Cc1ccccc1)C(=O)OCC(=O)c1ccccc1)OCC(=O)c1ccccc1)OCC1c2ccccc2-c2ccccc21. The van der Waals surface area contributed by atoms with Crippen LogP contribution in [0.1, 0.15) is 54.7 Å². The van der Waals surface area contributed by atoms with Gasteiger partial charge in [0.25, 0.3) is 0 Å². The van der Waals surface area contributed by atoms with Crippen LogP contribution in [0.15, 0.2) is 170 Å². The topological polar surface area (TPSA) is 125 Å². The first kappa shape index (κ1) is 39.8. The number of amides is 1. The van der Waals surface area contributed by atoms with E-state index in [0.717, 1.165) is 27.8 Å². The molecule has 0 spiro atoms. The molecule has 1 aliphatic rings. The number of carbonyl (C=O) groups excluding carboxylic acids is 4. The number of esters is 1. The minimum Gasteiger partial charge on any atom is -0.457 e. The van der Waals surface area contributed by atoms with Crippen molar-refractivity contribution in [3.05, 3.63) is 203 Å². The fraction of sp³-hybridized carbons (Fsp3) is 0.167. The number of benzene rings is 6. The lowest BCUT2D eigenvalue weighted by atomic mass is 9.98. The van der Waals surface area contributed by atoms with Crippen molar-refractivity contribution in [1.29, 1.82) is 0 Å². The maximum Gasteiger partial charge on any atom is 0.408 e. The number of nitrogens with one attached hydrogen (secondary N) is 1. The monoisotopic (exact) mass is 791 g/mol. The molecule has 0 radical (unpaired) electrons. The van der Waals surface area contributed by atoms with Crippen LogP contribution in [0.2, 0.25) is 0 Å². The highest BCUT2D eigenvalue weighted by atomic mass is 31.2. The molecule has 0 saturated heterocycles. The van der Waals surface area contributed by atoms with Crippen LogP contribution in [0.25, 0.3) is 11.1 Å². The van der Waals surface area contributed by atoms with E-state index in [1.807, 2.05) is 78.9 Å². The normalized spacial score (nSPS) is 13.9. The van der Waals surface area contributed by atoms with E-state index in [0.29, 0.717) is 16.7 Å². The molecule has 0 fully saturated rings. The standard InChI is InChI=1S/C48H42NO8P/c50-44(35-19-7-2-8-20-35)31-55-47(52)38(29-34-17-5-1-6-18-34)33-58(54,57-32-45(51)36-21-9-3-10-22-36)46(37-23-11-4-12-24-37)49-48(53)56-30-43-41-27-15-13-25-39(41)40-26-14-16-28-42(40)43/h1-28,38,43,46H,29-33H2,(H,49,53). The Kier molecular flexibility index (Phi) is 12.8. The number of carbonyl (C=O) groups is 4. The fourth-order valence-corrected chi connectivity index (χ4v) is 9.92. The van der Waals surface area contributed by atoms with Gasteiger partial charge in [-0.25, -0.2) is 4.79 Å². The second kappa shape index (κ2) is 18.7. The van der Waals surface area contributed by atoms with Crippen molar-refractivity contribution >= 4 is 31.0 Å². The molecule has 10 heteroatoms. The van der Waals surface area contributed by atoms with Gasteiger partial charge in [0.2, 0.25) is 7.37 Å². The van der Waals surface area contributed by atoms with E-state index >= 15 is 4.57 Å². The molecule has 1 aliphatic carbocycles. The number of ketones is 2. The maximum atomic E-state index is 15.7. The van der Waals surface area contributed by atoms with Gasteiger partial charge in [0.15, 0.2) is 18.2 Å². The average molecular weight is 792 g/mol. The number of ether oxygens (including phenoxy) is 2. The Morgan fingerprint density at radius 2 is 1.05 bits per heavy atom. The summed E-state index contributed by atoms with van der Waals surface area (Å²) in [5.41, 5.74) is 6.06. The third-order valence-electron chi connectivity index (χ3n) is 10.2. The van der Waals surface area contributed by atoms with Gasteiger partial charge in [-0.15, -0.1) is 0 Å². The summed E-state index contributed by atoms with van der Waals surface area (Å²) in [5.74, 6) is -4.31. The van der Waals surface area contributed by atoms with Crippen molar-refractivity contribution in [3.63, 3.8) is 0 Å². The Balaban J connectivity index is 1.19. The van der Waals surface area contributed by atoms with Crippen molar-refractivity contribution in [1.82, 2.24) is 5.32 Å². The zero-order valence-corrected chi connectivity index (χ0v) is 32.5. The van der Waals surface area contributed by atoms with Gasteiger partial charge in [-0.1, -0.05) is 170 Å². The lowest BCUT2D eigenvalue weighted by Gasteiger charge is -2.31. The molecule has 58 heavy (non-hydrogen) atoms. The molecule has 0 aliphatic heterocycles. The van der Waals surface area contributed by atoms with Gasteiger partial charge in [-0.05, 0) is 39.8 Å². The maximum absolute atomic E-state index is 15.7. The fourth-order valence-electron chi connectivity index (χ4n) is 7.29. The number of alkyl carbamates (subject to hydrolysis) is 1. The van der Waals surface area contributed by atoms with E-state index < -0.39 is 62.1 Å². The smallest absolute Gasteiger partial charge is 0.408 e. The summed E-state index contributed by atoms with van der Waals surface area (Å²) in [6.07, 6.45) is -1.22. The molecule has 1 amide bonds. The predicted molar refractivity (Wildman–Crippen MR) is 222 cm³/mol. The molecule has 0 bridgehead atoms. The first-order valence-electron chi connectivity index (χ1n) is 19.1. The van der Waals surface area contributed by atoms with Crippen LogP contribution in [-0.2, 0) is 29.8 Å². The molecule has 1 N–H and O–H groups in total. The van der Waals surface area contributed by atoms with E-state index in [-0.39, 0.29) is 18.9 Å². The van der Waals surface area contributed by atoms with E-state index in [1.54, 1.807) is 91.0 Å². The largest absolute Gasteiger partial charge is 0.457 e. The summed E-state index contributed by atoms with van der Waals surface area (Å²) in [7, 11) is -4.31. The number of fused-ring (bicyclic) bond motifs is 3. The van der Waals surface area contributed by atoms with E-state index in [9.17, 15) is 19.2 Å². The van der Waals surface area contributed by atoms with Gasteiger partial charge in [0.1, 0.15) is 19.0 Å². The van der Waals surface area contributed by atoms with E-state index in [2.05, 4.69) is 5.32 Å². The number of Topliss-reactive ketones (excluding diaryl/α,β-unsaturated/α-hetero) is 2. The summed E-state index contributed by atoms with van der Waals surface area (Å²) in [6.45, 7) is -1.14. The van der Waals surface area contributed by atoms with Crippen molar-refractivity contribution in [2.24, 2.45) is 5.92 Å². The Morgan fingerprint density at radius 1 is 0.569 bits per heavy atom. The minimum atomic E-state index is -4.31. The molecule has 292 valence electrons. The average Bonchev–Trinajstić information content (AvgIpc) is 3.60. The van der Waals surface area contributed by atoms with E-state index in [4.69, 9.17) is 14.0 Å². The van der Waals surface area contributed by atoms with Gasteiger partial charge < -0.3 is 19.3 Å². The number of hydrogen-bond acceptors (Lipinski definition) is 8. The predicted octanol–water partition coefficient (Wildman–Crippen LogP) is 9.69. The second-order valence-electron chi connectivity index (χ2n) is 14.0. The highest BCUT2D eigenvalue weighted by molar-refractivity contribution is 7.59. The van der Waals surface area contributed by atoms with Crippen LogP contribution in [0, 0.1) is 5.92 Å². The summed E-state index contributed by atoms with van der Waals surface area (Å²) < 4.78 is 33.4. The third kappa shape index (κ3) is 9.57. The Morgan fingerprint density at radius 3 is 1.62 bits per heavy atom. The lowest BCUT2D eigenvalue weighted by Crippen LogP contribution is -2.34. The summed E-state index contributed by atoms with van der Waals surface area (Å²) >= 11 is 0. The van der Waals surface area contributed by atoms with Crippen molar-refractivity contribution in [2.45, 2.75) is 18.1 Å². The summed E-state index contributed by atoms with van der Waals surface area (Å²) in [6, 6.07) is 50.6. The molecule has 6 aromatic carbocycles. The molecule has 0 saturated carbocycles. The van der Waals surface area contributed by atoms with Crippen molar-refractivity contribution in [3.8, 4) is 11.1 Å². The van der Waals surface area contributed by atoms with Gasteiger partial charge in [-0.2, -0.15) is 0 Å². The second-order valence-corrected chi connectivity index (χ2v) is 16.6. The van der Waals surface area contributed by atoms with Crippen LogP contribution in [-0.4, -0.2) is 49.6 Å². The van der Waals surface area contributed by atoms with Gasteiger partial charge in [0, 0.05) is 23.2 Å². The van der Waals surface area contributed by atoms with Crippen molar-refractivity contribution in [2.75, 3.05) is 26.0 Å². The van der Waals surface area contributed by atoms with Crippen LogP contribution in [0.4, 0.5) is 4.79 Å². The van der Waals surface area contributed by atoms with Crippen LogP contribution in [0.3, 0.4) is 0 Å². The lowest BCUT2D eigenvalue weighted by molar-refractivity contribution is -0.146. The Bertz CT molecular complexity index is 2360. The first-order chi connectivity index (χ1) is 28.3. The molecule has 7 rings (SSSR count). The molecular formula is C48H42NO8P. The van der Waals surface area contributed by atoms with Crippen LogP contribution in [0.5, 0.6) is 0 Å². The first-order valence-corrected chi connectivity index (χ1v) is 20.9. The van der Waals surface area contributed by atoms with Crippen LogP contribution < -0.4 is 5.32 Å². The Labute approximate surface area is 337 Å². The zero-order chi connectivity index (χ0) is 40.3. The van der Waals surface area contributed by atoms with Gasteiger partial charge in [-0.3, -0.25) is 18.9 Å². The molecule has 9 nitrogen and oxygen atoms in total. The van der Waals surface area contributed by atoms with Crippen LogP contribution >= 0.6 is 7.37 Å². The molecule has 3 atom stereocenters. The van der Waals surface area contributed by atoms with E-state index in [1.165, 1.54) is 0 Å². The van der Waals surface area contributed by atoms with Gasteiger partial charge in [0.05, 0.1) is 5.92 Å². The number of hydrogen-bond donors (Lipinski definition) is 1.